The lowest BCUT2D eigenvalue weighted by Gasteiger charge is -2.10. The predicted molar refractivity (Wildman–Crippen MR) is 103 cm³/mol. The number of hydrogen-bond donors (Lipinski definition) is 2. The van der Waals surface area contributed by atoms with Gasteiger partial charge in [-0.15, -0.1) is 0 Å². The molecule has 0 aliphatic rings. The highest BCUT2D eigenvalue weighted by Gasteiger charge is 2.14. The zero-order valence-electron chi connectivity index (χ0n) is 14.4. The number of carbonyl (C=O) groups excluding carboxylic acids is 1. The van der Waals surface area contributed by atoms with Crippen molar-refractivity contribution in [2.24, 2.45) is 0 Å². The number of carbonyl (C=O) groups is 1. The van der Waals surface area contributed by atoms with Crippen molar-refractivity contribution in [3.05, 3.63) is 78.5 Å². The highest BCUT2D eigenvalue weighted by atomic mass is 32.2. The van der Waals surface area contributed by atoms with Crippen LogP contribution in [0.3, 0.4) is 0 Å². The largest absolute Gasteiger partial charge is 0.465 e. The molecule has 2 N–H and O–H groups in total. The van der Waals surface area contributed by atoms with Crippen LogP contribution in [0.2, 0.25) is 0 Å². The fraction of sp³-hybridized carbons (Fsp3) is 0.0526. The number of nitrogens with zero attached hydrogens (tertiary/aromatic N) is 1. The van der Waals surface area contributed by atoms with E-state index in [9.17, 15) is 13.2 Å². The standard InChI is InChI=1S/C19H17N3O4S/c1-26-19(23)14-6-5-7-15(12-14)21-16-10-11-18(20-13-16)22-27(24,25)17-8-3-2-4-9-17/h2-13,21H,1H3,(H,20,22). The number of anilines is 3. The van der Waals surface area contributed by atoms with Gasteiger partial charge in [0.05, 0.1) is 29.5 Å². The van der Waals surface area contributed by atoms with Gasteiger partial charge in [-0.2, -0.15) is 0 Å². The van der Waals surface area contributed by atoms with Crippen molar-refractivity contribution in [2.45, 2.75) is 4.90 Å². The molecule has 0 saturated heterocycles. The van der Waals surface area contributed by atoms with Gasteiger partial charge >= 0.3 is 5.97 Å². The van der Waals surface area contributed by atoms with Crippen molar-refractivity contribution in [1.82, 2.24) is 4.98 Å². The van der Waals surface area contributed by atoms with E-state index in [1.54, 1.807) is 54.6 Å². The van der Waals surface area contributed by atoms with Crippen LogP contribution in [0.5, 0.6) is 0 Å². The molecule has 0 spiro atoms. The number of nitrogens with one attached hydrogen (secondary N) is 2. The van der Waals surface area contributed by atoms with Crippen LogP contribution in [0.25, 0.3) is 0 Å². The fourth-order valence-electron chi connectivity index (χ4n) is 2.33. The Morgan fingerprint density at radius 1 is 0.963 bits per heavy atom. The first kappa shape index (κ1) is 18.4. The molecule has 0 atom stereocenters. The summed E-state index contributed by atoms with van der Waals surface area (Å²) in [6.45, 7) is 0. The molecular weight excluding hydrogens is 366 g/mol. The van der Waals surface area contributed by atoms with Gasteiger partial charge in [-0.05, 0) is 42.5 Å². The minimum Gasteiger partial charge on any atom is -0.465 e. The summed E-state index contributed by atoms with van der Waals surface area (Å²) in [7, 11) is -2.37. The van der Waals surface area contributed by atoms with E-state index >= 15 is 0 Å². The third kappa shape index (κ3) is 4.62. The predicted octanol–water partition coefficient (Wildman–Crippen LogP) is 3.41. The molecule has 1 heterocycles. The van der Waals surface area contributed by atoms with Gasteiger partial charge in [0.2, 0.25) is 0 Å². The minimum absolute atomic E-state index is 0.161. The molecule has 0 amide bonds. The molecule has 3 aromatic rings. The molecule has 0 aliphatic carbocycles. The Kier molecular flexibility index (Phi) is 5.37. The van der Waals surface area contributed by atoms with E-state index in [0.717, 1.165) is 0 Å². The van der Waals surface area contributed by atoms with Gasteiger partial charge in [-0.1, -0.05) is 24.3 Å². The monoisotopic (exact) mass is 383 g/mol. The highest BCUT2D eigenvalue weighted by Crippen LogP contribution is 2.20. The van der Waals surface area contributed by atoms with Gasteiger partial charge in [0.1, 0.15) is 5.82 Å². The maximum Gasteiger partial charge on any atom is 0.337 e. The Morgan fingerprint density at radius 2 is 1.74 bits per heavy atom. The van der Waals surface area contributed by atoms with Gasteiger partial charge < -0.3 is 10.1 Å². The smallest absolute Gasteiger partial charge is 0.337 e. The van der Waals surface area contributed by atoms with E-state index in [0.29, 0.717) is 16.9 Å². The van der Waals surface area contributed by atoms with Crippen LogP contribution in [0, 0.1) is 0 Å². The first-order chi connectivity index (χ1) is 13.0. The van der Waals surface area contributed by atoms with E-state index < -0.39 is 16.0 Å². The number of methoxy groups -OCH3 is 1. The van der Waals surface area contributed by atoms with Gasteiger partial charge in [-0.25, -0.2) is 18.2 Å². The molecule has 0 aliphatic heterocycles. The zero-order chi connectivity index (χ0) is 19.3. The van der Waals surface area contributed by atoms with Crippen LogP contribution < -0.4 is 10.0 Å². The number of esters is 1. The minimum atomic E-state index is -3.69. The number of hydrogen-bond acceptors (Lipinski definition) is 6. The zero-order valence-corrected chi connectivity index (χ0v) is 15.2. The Labute approximate surface area is 157 Å². The third-order valence-corrected chi connectivity index (χ3v) is 5.00. The van der Waals surface area contributed by atoms with Crippen molar-refractivity contribution in [3.63, 3.8) is 0 Å². The summed E-state index contributed by atoms with van der Waals surface area (Å²) in [5.41, 5.74) is 1.74. The van der Waals surface area contributed by atoms with Crippen LogP contribution in [0.4, 0.5) is 17.2 Å². The van der Waals surface area contributed by atoms with Crippen LogP contribution in [-0.2, 0) is 14.8 Å². The summed E-state index contributed by atoms with van der Waals surface area (Å²) < 4.78 is 31.7. The normalized spacial score (nSPS) is 10.9. The summed E-state index contributed by atoms with van der Waals surface area (Å²) in [4.78, 5) is 15.9. The number of rotatable bonds is 6. The van der Waals surface area contributed by atoms with Crippen LogP contribution in [-0.4, -0.2) is 26.5 Å². The van der Waals surface area contributed by atoms with Crippen molar-refractivity contribution in [2.75, 3.05) is 17.1 Å². The molecule has 0 radical (unpaired) electrons. The lowest BCUT2D eigenvalue weighted by Crippen LogP contribution is -2.13. The molecule has 0 fully saturated rings. The second-order valence-corrected chi connectivity index (χ2v) is 7.23. The average molecular weight is 383 g/mol. The number of pyridine rings is 1. The summed E-state index contributed by atoms with van der Waals surface area (Å²) in [6, 6.07) is 18.1. The Balaban J connectivity index is 1.72. The molecule has 138 valence electrons. The van der Waals surface area contributed by atoms with Crippen LogP contribution in [0.1, 0.15) is 10.4 Å². The molecule has 3 rings (SSSR count). The number of sulfonamides is 1. The third-order valence-electron chi connectivity index (χ3n) is 3.63. The van der Waals surface area contributed by atoms with Gasteiger partial charge in [0.15, 0.2) is 0 Å². The van der Waals surface area contributed by atoms with E-state index in [-0.39, 0.29) is 10.7 Å². The molecule has 8 heteroatoms. The summed E-state index contributed by atoms with van der Waals surface area (Å²) in [5, 5.41) is 3.10. The Bertz CT molecular complexity index is 1040. The Morgan fingerprint density at radius 3 is 2.41 bits per heavy atom. The average Bonchev–Trinajstić information content (AvgIpc) is 2.69. The SMILES string of the molecule is COC(=O)c1cccc(Nc2ccc(NS(=O)(=O)c3ccccc3)nc2)c1. The van der Waals surface area contributed by atoms with E-state index in [4.69, 9.17) is 4.74 Å². The quantitative estimate of drug-likeness (QED) is 0.633. The number of benzene rings is 2. The summed E-state index contributed by atoms with van der Waals surface area (Å²) >= 11 is 0. The second-order valence-electron chi connectivity index (χ2n) is 5.55. The van der Waals surface area contributed by atoms with Gasteiger partial charge in [0.25, 0.3) is 10.0 Å². The van der Waals surface area contributed by atoms with Crippen LogP contribution in [0.15, 0.2) is 77.8 Å². The molecule has 0 saturated carbocycles. The van der Waals surface area contributed by atoms with Crippen molar-refractivity contribution in [3.8, 4) is 0 Å². The molecule has 2 aromatic carbocycles. The topological polar surface area (TPSA) is 97.4 Å². The molecule has 1 aromatic heterocycles. The molecular formula is C19H17N3O4S. The first-order valence-electron chi connectivity index (χ1n) is 7.97. The number of aromatic nitrogens is 1. The Hall–Kier alpha value is -3.39. The van der Waals surface area contributed by atoms with E-state index in [2.05, 4.69) is 15.0 Å². The summed E-state index contributed by atoms with van der Waals surface area (Å²) in [6.07, 6.45) is 1.49. The van der Waals surface area contributed by atoms with E-state index in [1.807, 2.05) is 0 Å². The second kappa shape index (κ2) is 7.88. The molecule has 0 unspecified atom stereocenters. The van der Waals surface area contributed by atoms with Crippen molar-refractivity contribution < 1.29 is 17.9 Å². The first-order valence-corrected chi connectivity index (χ1v) is 9.45. The fourth-order valence-corrected chi connectivity index (χ4v) is 3.36. The number of ether oxygens (including phenoxy) is 1. The lowest BCUT2D eigenvalue weighted by atomic mass is 10.2. The maximum absolute atomic E-state index is 12.3. The van der Waals surface area contributed by atoms with Gasteiger partial charge in [0, 0.05) is 5.69 Å². The van der Waals surface area contributed by atoms with Gasteiger partial charge in [-0.3, -0.25) is 4.72 Å². The van der Waals surface area contributed by atoms with Crippen molar-refractivity contribution >= 4 is 33.2 Å². The molecule has 0 bridgehead atoms. The molecule has 27 heavy (non-hydrogen) atoms. The van der Waals surface area contributed by atoms with Crippen LogP contribution >= 0.6 is 0 Å². The lowest BCUT2D eigenvalue weighted by molar-refractivity contribution is 0.0601. The molecule has 7 nitrogen and oxygen atoms in total. The van der Waals surface area contributed by atoms with Crippen molar-refractivity contribution in [1.29, 1.82) is 0 Å². The van der Waals surface area contributed by atoms with E-state index in [1.165, 1.54) is 25.4 Å². The highest BCUT2D eigenvalue weighted by molar-refractivity contribution is 7.92. The maximum atomic E-state index is 12.3. The summed E-state index contributed by atoms with van der Waals surface area (Å²) in [5.74, 6) is -0.227.